The maximum atomic E-state index is 12.3. The normalized spacial score (nSPS) is 14.9. The van der Waals surface area contributed by atoms with Crippen LogP contribution in [0.5, 0.6) is 5.75 Å². The Morgan fingerprint density at radius 1 is 1.14 bits per heavy atom. The highest BCUT2D eigenvalue weighted by atomic mass is 16.6. The molecule has 150 valence electrons. The van der Waals surface area contributed by atoms with Crippen molar-refractivity contribution in [3.8, 4) is 5.75 Å². The Morgan fingerprint density at radius 3 is 2.31 bits per heavy atom. The molecule has 3 rings (SSSR count). The fraction of sp³-hybridized carbons (Fsp3) is 0.292. The van der Waals surface area contributed by atoms with Crippen LogP contribution in [0.25, 0.3) is 6.08 Å². The molecule has 0 atom stereocenters. The van der Waals surface area contributed by atoms with Gasteiger partial charge in [0.05, 0.1) is 0 Å². The van der Waals surface area contributed by atoms with E-state index in [1.54, 1.807) is 13.0 Å². The summed E-state index contributed by atoms with van der Waals surface area (Å²) in [6, 6.07) is 11.6. The molecule has 0 spiro atoms. The van der Waals surface area contributed by atoms with Gasteiger partial charge in [0.15, 0.2) is 5.70 Å². The van der Waals surface area contributed by atoms with Crippen LogP contribution in [0.2, 0.25) is 0 Å². The van der Waals surface area contributed by atoms with Crippen LogP contribution in [-0.2, 0) is 14.3 Å². The molecule has 1 heterocycles. The summed E-state index contributed by atoms with van der Waals surface area (Å²) in [6.45, 7) is 9.74. The number of esters is 2. The fourth-order valence-corrected chi connectivity index (χ4v) is 3.12. The summed E-state index contributed by atoms with van der Waals surface area (Å²) in [5.41, 5.74) is 4.65. The molecule has 0 N–H and O–H groups in total. The first-order chi connectivity index (χ1) is 13.8. The van der Waals surface area contributed by atoms with Crippen molar-refractivity contribution < 1.29 is 19.1 Å². The lowest BCUT2D eigenvalue weighted by molar-refractivity contribution is -0.134. The van der Waals surface area contributed by atoms with Crippen LogP contribution in [0.4, 0.5) is 0 Å². The van der Waals surface area contributed by atoms with Crippen LogP contribution in [0, 0.1) is 13.8 Å². The largest absolute Gasteiger partial charge is 0.426 e. The molecule has 0 unspecified atom stereocenters. The molecule has 0 radical (unpaired) electrons. The number of carbonyl (C=O) groups is 2. The Hall–Kier alpha value is -3.21. The van der Waals surface area contributed by atoms with Crippen LogP contribution in [0.15, 0.2) is 47.1 Å². The Labute approximate surface area is 171 Å². The molecule has 1 aliphatic rings. The Bertz CT molecular complexity index is 991. The number of cyclic esters (lactones) is 1. The van der Waals surface area contributed by atoms with Gasteiger partial charge in [-0.05, 0) is 72.4 Å². The van der Waals surface area contributed by atoms with Crippen molar-refractivity contribution >= 4 is 23.9 Å². The summed E-state index contributed by atoms with van der Waals surface area (Å²) in [5, 5.41) is 0. The third-order valence-corrected chi connectivity index (χ3v) is 4.74. The van der Waals surface area contributed by atoms with Crippen LogP contribution in [0.3, 0.4) is 0 Å². The number of hydrogen-bond acceptors (Lipinski definition) is 5. The van der Waals surface area contributed by atoms with Crippen molar-refractivity contribution in [2.75, 3.05) is 0 Å². The van der Waals surface area contributed by atoms with Gasteiger partial charge in [-0.25, -0.2) is 9.79 Å². The van der Waals surface area contributed by atoms with Crippen molar-refractivity contribution in [1.82, 2.24) is 0 Å². The molecule has 2 aromatic rings. The van der Waals surface area contributed by atoms with Crippen LogP contribution >= 0.6 is 0 Å². The quantitative estimate of drug-likeness (QED) is 0.405. The molecule has 0 saturated heterocycles. The van der Waals surface area contributed by atoms with Gasteiger partial charge in [0.1, 0.15) is 5.75 Å². The molecule has 5 nitrogen and oxygen atoms in total. The minimum absolute atomic E-state index is 0.241. The van der Waals surface area contributed by atoms with Gasteiger partial charge < -0.3 is 9.47 Å². The minimum atomic E-state index is -0.482. The molecule has 0 bridgehead atoms. The number of benzene rings is 2. The van der Waals surface area contributed by atoms with E-state index in [0.29, 0.717) is 24.0 Å². The summed E-state index contributed by atoms with van der Waals surface area (Å²) in [6.07, 6.45) is 2.00. The van der Waals surface area contributed by atoms with Crippen molar-refractivity contribution in [3.63, 3.8) is 0 Å². The smallest absolute Gasteiger partial charge is 0.363 e. The van der Waals surface area contributed by atoms with E-state index in [4.69, 9.17) is 9.47 Å². The molecule has 0 saturated carbocycles. The van der Waals surface area contributed by atoms with E-state index in [9.17, 15) is 9.59 Å². The van der Waals surface area contributed by atoms with E-state index in [0.717, 1.165) is 22.3 Å². The zero-order valence-corrected chi connectivity index (χ0v) is 17.4. The maximum Gasteiger partial charge on any atom is 0.363 e. The number of hydrogen-bond donors (Lipinski definition) is 0. The molecule has 1 aliphatic heterocycles. The number of aliphatic imine (C=N–C) groups is 1. The third-order valence-electron chi connectivity index (χ3n) is 4.74. The highest BCUT2D eigenvalue weighted by molar-refractivity contribution is 6.12. The minimum Gasteiger partial charge on any atom is -0.426 e. The van der Waals surface area contributed by atoms with E-state index < -0.39 is 5.97 Å². The van der Waals surface area contributed by atoms with E-state index >= 15 is 0 Å². The third kappa shape index (κ3) is 4.62. The summed E-state index contributed by atoms with van der Waals surface area (Å²) >= 11 is 0. The SMILES string of the molecule is CCC(=O)Oc1c(C)cc(/C=C2\N=C(c3ccc(C(C)C)cc3)OC2=O)cc1C. The molecule has 0 amide bonds. The van der Waals surface area contributed by atoms with Crippen LogP contribution in [-0.4, -0.2) is 17.8 Å². The fourth-order valence-electron chi connectivity index (χ4n) is 3.12. The summed E-state index contributed by atoms with van der Waals surface area (Å²) in [5.74, 6) is 0.531. The van der Waals surface area contributed by atoms with Gasteiger partial charge in [-0.3, -0.25) is 4.79 Å². The lowest BCUT2D eigenvalue weighted by atomic mass is 10.0. The van der Waals surface area contributed by atoms with Crippen molar-refractivity contribution in [3.05, 3.63) is 69.9 Å². The topological polar surface area (TPSA) is 65.0 Å². The second kappa shape index (κ2) is 8.43. The predicted octanol–water partition coefficient (Wildman–Crippen LogP) is 5.09. The number of ether oxygens (including phenoxy) is 2. The molecular weight excluding hydrogens is 366 g/mol. The number of aryl methyl sites for hydroxylation is 2. The highest BCUT2D eigenvalue weighted by Gasteiger charge is 2.24. The zero-order valence-electron chi connectivity index (χ0n) is 17.4. The Morgan fingerprint density at radius 2 is 1.76 bits per heavy atom. The van der Waals surface area contributed by atoms with Gasteiger partial charge in [-0.2, -0.15) is 0 Å². The van der Waals surface area contributed by atoms with E-state index in [1.165, 1.54) is 5.56 Å². The van der Waals surface area contributed by atoms with Gasteiger partial charge >= 0.3 is 11.9 Å². The molecule has 0 aromatic heterocycles. The average Bonchev–Trinajstić information content (AvgIpc) is 3.05. The second-order valence-electron chi connectivity index (χ2n) is 7.42. The second-order valence-corrected chi connectivity index (χ2v) is 7.42. The average molecular weight is 391 g/mol. The lowest BCUT2D eigenvalue weighted by Crippen LogP contribution is -2.08. The van der Waals surface area contributed by atoms with Gasteiger partial charge in [-0.15, -0.1) is 0 Å². The number of nitrogens with zero attached hydrogens (tertiary/aromatic N) is 1. The maximum absolute atomic E-state index is 12.3. The first-order valence-electron chi connectivity index (χ1n) is 9.73. The first kappa shape index (κ1) is 20.5. The molecule has 5 heteroatoms. The lowest BCUT2D eigenvalue weighted by Gasteiger charge is -2.11. The van der Waals surface area contributed by atoms with Crippen molar-refractivity contribution in [1.29, 1.82) is 0 Å². The highest BCUT2D eigenvalue weighted by Crippen LogP contribution is 2.28. The summed E-state index contributed by atoms with van der Waals surface area (Å²) < 4.78 is 10.8. The van der Waals surface area contributed by atoms with Gasteiger partial charge in [-0.1, -0.05) is 32.9 Å². The zero-order chi connectivity index (χ0) is 21.1. The monoisotopic (exact) mass is 391 g/mol. The molecule has 0 fully saturated rings. The molecular formula is C24H25NO4. The molecule has 2 aromatic carbocycles. The van der Waals surface area contributed by atoms with Gasteiger partial charge in [0.2, 0.25) is 5.90 Å². The van der Waals surface area contributed by atoms with Crippen molar-refractivity contribution in [2.24, 2.45) is 4.99 Å². The van der Waals surface area contributed by atoms with Crippen LogP contribution < -0.4 is 4.74 Å². The van der Waals surface area contributed by atoms with E-state index in [2.05, 4.69) is 18.8 Å². The standard InChI is InChI=1S/C24H25NO4/c1-6-21(26)28-22-15(4)11-17(12-16(22)5)13-20-24(27)29-23(25-20)19-9-7-18(8-10-19)14(2)3/h7-14H,6H2,1-5H3/b20-13-. The summed E-state index contributed by atoms with van der Waals surface area (Å²) in [7, 11) is 0. The van der Waals surface area contributed by atoms with Gasteiger partial charge in [0.25, 0.3) is 0 Å². The Kier molecular flexibility index (Phi) is 5.97. The molecule has 0 aliphatic carbocycles. The number of carbonyl (C=O) groups excluding carboxylic acids is 2. The van der Waals surface area contributed by atoms with E-state index in [-0.39, 0.29) is 11.7 Å². The van der Waals surface area contributed by atoms with E-state index in [1.807, 2.05) is 50.2 Å². The first-order valence-corrected chi connectivity index (χ1v) is 9.73. The number of rotatable bonds is 5. The summed E-state index contributed by atoms with van der Waals surface area (Å²) in [4.78, 5) is 28.3. The Balaban J connectivity index is 1.88. The molecule has 29 heavy (non-hydrogen) atoms. The van der Waals surface area contributed by atoms with Gasteiger partial charge in [0, 0.05) is 12.0 Å². The predicted molar refractivity (Wildman–Crippen MR) is 113 cm³/mol. The van der Waals surface area contributed by atoms with Crippen molar-refractivity contribution in [2.45, 2.75) is 47.0 Å². The van der Waals surface area contributed by atoms with Crippen LogP contribution in [0.1, 0.15) is 60.9 Å².